The third-order valence-electron chi connectivity index (χ3n) is 3.09. The highest BCUT2D eigenvalue weighted by Gasteiger charge is 2.18. The van der Waals surface area contributed by atoms with Crippen LogP contribution >= 0.6 is 43.5 Å². The maximum absolute atomic E-state index is 6.59. The Hall–Kier alpha value is -0.710. The van der Waals surface area contributed by atoms with E-state index >= 15 is 0 Å². The van der Waals surface area contributed by atoms with E-state index in [1.165, 1.54) is 0 Å². The third kappa shape index (κ3) is 2.83. The maximum Gasteiger partial charge on any atom is 0.161 e. The van der Waals surface area contributed by atoms with Gasteiger partial charge in [0.15, 0.2) is 11.5 Å². The Bertz CT molecular complexity index is 646. The lowest BCUT2D eigenvalue weighted by Crippen LogP contribution is -2.15. The Balaban J connectivity index is 1.95. The number of benzene rings is 2. The van der Waals surface area contributed by atoms with Crippen molar-refractivity contribution >= 4 is 43.5 Å². The number of fused-ring (bicyclic) bond motifs is 1. The van der Waals surface area contributed by atoms with Crippen molar-refractivity contribution in [3.05, 3.63) is 56.5 Å². The fraction of sp³-hybridized carbons (Fsp3) is 0.200. The summed E-state index contributed by atoms with van der Waals surface area (Å²) in [6.45, 7) is 1.17. The summed E-state index contributed by atoms with van der Waals surface area (Å²) < 4.78 is 13.1. The van der Waals surface area contributed by atoms with Crippen LogP contribution in [0.25, 0.3) is 0 Å². The number of halogens is 3. The zero-order chi connectivity index (χ0) is 14.1. The molecule has 0 N–H and O–H groups in total. The molecule has 20 heavy (non-hydrogen) atoms. The van der Waals surface area contributed by atoms with Gasteiger partial charge in [-0.2, -0.15) is 0 Å². The van der Waals surface area contributed by atoms with Gasteiger partial charge in [-0.1, -0.05) is 44.0 Å². The first-order valence-electron chi connectivity index (χ1n) is 6.14. The second-order valence-corrected chi connectivity index (χ2v) is 6.64. The van der Waals surface area contributed by atoms with Crippen LogP contribution in [0.2, 0.25) is 0 Å². The molecular formula is C15H11Br2ClO2. The molecule has 1 aliphatic rings. The molecule has 0 spiro atoms. The number of rotatable bonds is 2. The van der Waals surface area contributed by atoms with Gasteiger partial charge < -0.3 is 9.47 Å². The van der Waals surface area contributed by atoms with E-state index in [1.54, 1.807) is 0 Å². The molecule has 3 rings (SSSR count). The molecule has 0 radical (unpaired) electrons. The molecule has 2 aromatic rings. The van der Waals surface area contributed by atoms with Crippen LogP contribution in [0.3, 0.4) is 0 Å². The highest BCUT2D eigenvalue weighted by atomic mass is 79.9. The molecule has 5 heteroatoms. The molecule has 0 fully saturated rings. The molecule has 0 bridgehead atoms. The molecule has 0 amide bonds. The minimum absolute atomic E-state index is 0.242. The fourth-order valence-corrected chi connectivity index (χ4v) is 3.84. The molecule has 1 unspecified atom stereocenters. The predicted molar refractivity (Wildman–Crippen MR) is 87.0 cm³/mol. The standard InChI is InChI=1S/C15H11Br2ClO2/c16-10-2-3-11(12(17)8-10)15(18)9-1-4-13-14(7-9)20-6-5-19-13/h1-4,7-8,15H,5-6H2. The van der Waals surface area contributed by atoms with Crippen LogP contribution in [0, 0.1) is 0 Å². The van der Waals surface area contributed by atoms with Crippen LogP contribution in [0.15, 0.2) is 45.3 Å². The van der Waals surface area contributed by atoms with Gasteiger partial charge in [0.1, 0.15) is 13.2 Å². The van der Waals surface area contributed by atoms with Gasteiger partial charge in [0.25, 0.3) is 0 Å². The van der Waals surface area contributed by atoms with Gasteiger partial charge >= 0.3 is 0 Å². The lowest BCUT2D eigenvalue weighted by Gasteiger charge is -2.20. The van der Waals surface area contributed by atoms with Crippen molar-refractivity contribution in [1.29, 1.82) is 0 Å². The van der Waals surface area contributed by atoms with Crippen molar-refractivity contribution in [3.8, 4) is 11.5 Å². The molecule has 0 saturated heterocycles. The monoisotopic (exact) mass is 416 g/mol. The number of alkyl halides is 1. The van der Waals surface area contributed by atoms with Gasteiger partial charge in [0, 0.05) is 8.95 Å². The van der Waals surface area contributed by atoms with Crippen molar-refractivity contribution in [1.82, 2.24) is 0 Å². The van der Waals surface area contributed by atoms with E-state index in [4.69, 9.17) is 21.1 Å². The summed E-state index contributed by atoms with van der Waals surface area (Å²) in [6, 6.07) is 11.8. The summed E-state index contributed by atoms with van der Waals surface area (Å²) in [6.07, 6.45) is 0. The summed E-state index contributed by atoms with van der Waals surface area (Å²) in [5.74, 6) is 1.53. The van der Waals surface area contributed by atoms with E-state index in [0.717, 1.165) is 31.6 Å². The number of hydrogen-bond acceptors (Lipinski definition) is 2. The molecule has 0 aliphatic carbocycles. The summed E-state index contributed by atoms with van der Waals surface area (Å²) in [7, 11) is 0. The molecule has 0 aromatic heterocycles. The van der Waals surface area contributed by atoms with E-state index in [0.29, 0.717) is 13.2 Å². The van der Waals surface area contributed by atoms with Gasteiger partial charge in [0.05, 0.1) is 5.38 Å². The van der Waals surface area contributed by atoms with Gasteiger partial charge in [-0.3, -0.25) is 0 Å². The van der Waals surface area contributed by atoms with Gasteiger partial charge in [-0.15, -0.1) is 11.6 Å². The van der Waals surface area contributed by atoms with Gasteiger partial charge in [-0.05, 0) is 35.4 Å². The highest BCUT2D eigenvalue weighted by Crippen LogP contribution is 2.39. The Morgan fingerprint density at radius 3 is 2.45 bits per heavy atom. The molecule has 0 saturated carbocycles. The maximum atomic E-state index is 6.59. The average molecular weight is 419 g/mol. The predicted octanol–water partition coefficient (Wildman–Crippen LogP) is 5.31. The Kier molecular flexibility index (Phi) is 4.24. The van der Waals surface area contributed by atoms with Crippen LogP contribution in [-0.4, -0.2) is 13.2 Å². The van der Waals surface area contributed by atoms with E-state index in [9.17, 15) is 0 Å². The molecule has 1 heterocycles. The van der Waals surface area contributed by atoms with Crippen LogP contribution in [0.4, 0.5) is 0 Å². The molecule has 1 aliphatic heterocycles. The first-order valence-corrected chi connectivity index (χ1v) is 8.16. The Morgan fingerprint density at radius 1 is 0.950 bits per heavy atom. The second-order valence-electron chi connectivity index (χ2n) is 4.43. The van der Waals surface area contributed by atoms with Crippen molar-refractivity contribution in [2.24, 2.45) is 0 Å². The largest absolute Gasteiger partial charge is 0.486 e. The lowest BCUT2D eigenvalue weighted by molar-refractivity contribution is 0.171. The van der Waals surface area contributed by atoms with Crippen molar-refractivity contribution < 1.29 is 9.47 Å². The van der Waals surface area contributed by atoms with E-state index in [-0.39, 0.29) is 5.38 Å². The van der Waals surface area contributed by atoms with E-state index < -0.39 is 0 Å². The highest BCUT2D eigenvalue weighted by molar-refractivity contribution is 9.11. The van der Waals surface area contributed by atoms with Crippen LogP contribution < -0.4 is 9.47 Å². The number of ether oxygens (including phenoxy) is 2. The smallest absolute Gasteiger partial charge is 0.161 e. The minimum atomic E-state index is -0.242. The summed E-state index contributed by atoms with van der Waals surface area (Å²) in [4.78, 5) is 0. The molecule has 2 aromatic carbocycles. The van der Waals surface area contributed by atoms with Gasteiger partial charge in [0.2, 0.25) is 0 Å². The van der Waals surface area contributed by atoms with Crippen LogP contribution in [0.5, 0.6) is 11.5 Å². The second kappa shape index (κ2) is 5.96. The van der Waals surface area contributed by atoms with Crippen molar-refractivity contribution in [3.63, 3.8) is 0 Å². The average Bonchev–Trinajstić information content (AvgIpc) is 2.46. The summed E-state index contributed by atoms with van der Waals surface area (Å²) in [5.41, 5.74) is 2.01. The molecule has 104 valence electrons. The Morgan fingerprint density at radius 2 is 1.70 bits per heavy atom. The SMILES string of the molecule is ClC(c1ccc2c(c1)OCCO2)c1ccc(Br)cc1Br. The number of hydrogen-bond donors (Lipinski definition) is 0. The minimum Gasteiger partial charge on any atom is -0.486 e. The topological polar surface area (TPSA) is 18.5 Å². The lowest BCUT2D eigenvalue weighted by atomic mass is 10.0. The Labute approximate surface area is 139 Å². The van der Waals surface area contributed by atoms with Crippen molar-refractivity contribution in [2.75, 3.05) is 13.2 Å². The molecule has 2 nitrogen and oxygen atoms in total. The normalized spacial score (nSPS) is 14.9. The zero-order valence-electron chi connectivity index (χ0n) is 10.4. The van der Waals surface area contributed by atoms with Crippen molar-refractivity contribution in [2.45, 2.75) is 5.38 Å². The molecule has 1 atom stereocenters. The summed E-state index contributed by atoms with van der Waals surface area (Å²) in [5, 5.41) is -0.242. The van der Waals surface area contributed by atoms with Gasteiger partial charge in [-0.25, -0.2) is 0 Å². The van der Waals surface area contributed by atoms with Crippen LogP contribution in [-0.2, 0) is 0 Å². The first-order chi connectivity index (χ1) is 9.65. The van der Waals surface area contributed by atoms with E-state index in [1.807, 2.05) is 36.4 Å². The zero-order valence-corrected chi connectivity index (χ0v) is 14.3. The molecular weight excluding hydrogens is 407 g/mol. The van der Waals surface area contributed by atoms with Crippen LogP contribution in [0.1, 0.15) is 16.5 Å². The third-order valence-corrected chi connectivity index (χ3v) is 4.76. The quantitative estimate of drug-likeness (QED) is 0.616. The summed E-state index contributed by atoms with van der Waals surface area (Å²) >= 11 is 13.6. The fourth-order valence-electron chi connectivity index (χ4n) is 2.10. The first kappa shape index (κ1) is 14.2. The van der Waals surface area contributed by atoms with E-state index in [2.05, 4.69) is 31.9 Å².